The van der Waals surface area contributed by atoms with Gasteiger partial charge in [-0.25, -0.2) is 0 Å². The van der Waals surface area contributed by atoms with E-state index in [1.54, 1.807) is 18.4 Å². The van der Waals surface area contributed by atoms with E-state index in [9.17, 15) is 20.2 Å². The lowest BCUT2D eigenvalue weighted by Crippen LogP contribution is -2.13. The highest BCUT2D eigenvalue weighted by Crippen LogP contribution is 2.23. The molecule has 1 heterocycles. The molecule has 21 heavy (non-hydrogen) atoms. The van der Waals surface area contributed by atoms with E-state index in [1.165, 1.54) is 12.1 Å². The molecule has 0 aliphatic rings. The Kier molecular flexibility index (Phi) is 4.61. The zero-order valence-corrected chi connectivity index (χ0v) is 12.1. The monoisotopic (exact) mass is 307 g/mol. The van der Waals surface area contributed by atoms with Gasteiger partial charge in [0.2, 0.25) is 0 Å². The Morgan fingerprint density at radius 2 is 1.95 bits per heavy atom. The number of nitro benzene ring substituents is 1. The van der Waals surface area contributed by atoms with Crippen molar-refractivity contribution in [3.05, 3.63) is 66.6 Å². The lowest BCUT2D eigenvalue weighted by molar-refractivity contribution is -0.385. The first-order valence-electron chi connectivity index (χ1n) is 6.14. The predicted octanol–water partition coefficient (Wildman–Crippen LogP) is 3.16. The number of thiophene rings is 1. The average Bonchev–Trinajstić information content (AvgIpc) is 2.89. The first-order valence-corrected chi connectivity index (χ1v) is 7.02. The summed E-state index contributed by atoms with van der Waals surface area (Å²) in [5.41, 5.74) is 2.40. The number of nitrogens with zero attached hydrogens (tertiary/aromatic N) is 2. The van der Waals surface area contributed by atoms with Crippen LogP contribution in [0.5, 0.6) is 0 Å². The van der Waals surface area contributed by atoms with Gasteiger partial charge in [0, 0.05) is 36.2 Å². The Morgan fingerprint density at radius 1 is 1.19 bits per heavy atom. The SMILES string of the molecule is Cc1c(CNCc2csc([N+](=O)[O-])c2)cccc1[N+](=O)[O-]. The van der Waals surface area contributed by atoms with Crippen LogP contribution in [0.3, 0.4) is 0 Å². The van der Waals surface area contributed by atoms with Gasteiger partial charge in [0.15, 0.2) is 0 Å². The summed E-state index contributed by atoms with van der Waals surface area (Å²) in [5.74, 6) is 0. The molecule has 8 heteroatoms. The zero-order valence-electron chi connectivity index (χ0n) is 11.2. The zero-order chi connectivity index (χ0) is 15.4. The van der Waals surface area contributed by atoms with Crippen molar-refractivity contribution in [2.45, 2.75) is 20.0 Å². The maximum Gasteiger partial charge on any atom is 0.324 e. The highest BCUT2D eigenvalue weighted by molar-refractivity contribution is 7.13. The van der Waals surface area contributed by atoms with E-state index in [-0.39, 0.29) is 10.7 Å². The van der Waals surface area contributed by atoms with Crippen molar-refractivity contribution in [1.82, 2.24) is 5.32 Å². The van der Waals surface area contributed by atoms with Crippen molar-refractivity contribution in [3.8, 4) is 0 Å². The van der Waals surface area contributed by atoms with Gasteiger partial charge in [-0.1, -0.05) is 23.5 Å². The maximum atomic E-state index is 10.9. The summed E-state index contributed by atoms with van der Waals surface area (Å²) >= 11 is 1.09. The predicted molar refractivity (Wildman–Crippen MR) is 79.4 cm³/mol. The molecule has 0 amide bonds. The minimum Gasteiger partial charge on any atom is -0.309 e. The van der Waals surface area contributed by atoms with Gasteiger partial charge in [-0.05, 0) is 18.1 Å². The molecule has 0 radical (unpaired) electrons. The van der Waals surface area contributed by atoms with Crippen LogP contribution in [0.15, 0.2) is 29.6 Å². The van der Waals surface area contributed by atoms with Gasteiger partial charge in [-0.3, -0.25) is 20.2 Å². The van der Waals surface area contributed by atoms with Crippen LogP contribution in [0, 0.1) is 27.2 Å². The fourth-order valence-corrected chi connectivity index (χ4v) is 2.68. The summed E-state index contributed by atoms with van der Waals surface area (Å²) in [6.45, 7) is 2.66. The molecular weight excluding hydrogens is 294 g/mol. The molecule has 0 aliphatic carbocycles. The fourth-order valence-electron chi connectivity index (χ4n) is 1.95. The van der Waals surface area contributed by atoms with E-state index < -0.39 is 9.85 Å². The molecule has 0 unspecified atom stereocenters. The van der Waals surface area contributed by atoms with E-state index in [0.29, 0.717) is 18.7 Å². The Hall–Kier alpha value is -2.32. The molecule has 1 aromatic heterocycles. The summed E-state index contributed by atoms with van der Waals surface area (Å²) < 4.78 is 0. The van der Waals surface area contributed by atoms with E-state index >= 15 is 0 Å². The van der Waals surface area contributed by atoms with Crippen LogP contribution in [0.4, 0.5) is 10.7 Å². The van der Waals surface area contributed by atoms with Crippen LogP contribution in [-0.2, 0) is 13.1 Å². The van der Waals surface area contributed by atoms with Gasteiger partial charge in [-0.15, -0.1) is 0 Å². The number of hydrogen-bond acceptors (Lipinski definition) is 6. The molecule has 0 atom stereocenters. The average molecular weight is 307 g/mol. The van der Waals surface area contributed by atoms with Gasteiger partial charge < -0.3 is 5.32 Å². The van der Waals surface area contributed by atoms with Crippen molar-refractivity contribution in [2.24, 2.45) is 0 Å². The Morgan fingerprint density at radius 3 is 2.57 bits per heavy atom. The molecule has 7 nitrogen and oxygen atoms in total. The Bertz CT molecular complexity index is 684. The van der Waals surface area contributed by atoms with Crippen LogP contribution in [0.25, 0.3) is 0 Å². The van der Waals surface area contributed by atoms with Crippen LogP contribution < -0.4 is 5.32 Å². The third-order valence-corrected chi connectivity index (χ3v) is 4.01. The van der Waals surface area contributed by atoms with E-state index in [1.807, 2.05) is 6.07 Å². The van der Waals surface area contributed by atoms with Crippen molar-refractivity contribution >= 4 is 22.0 Å². The van der Waals surface area contributed by atoms with E-state index in [2.05, 4.69) is 5.32 Å². The lowest BCUT2D eigenvalue weighted by Gasteiger charge is -2.07. The van der Waals surface area contributed by atoms with Gasteiger partial charge in [0.05, 0.1) is 9.85 Å². The van der Waals surface area contributed by atoms with Crippen LogP contribution >= 0.6 is 11.3 Å². The lowest BCUT2D eigenvalue weighted by atomic mass is 10.1. The summed E-state index contributed by atoms with van der Waals surface area (Å²) in [7, 11) is 0. The van der Waals surface area contributed by atoms with E-state index in [4.69, 9.17) is 0 Å². The first-order chi connectivity index (χ1) is 9.99. The molecule has 0 saturated carbocycles. The summed E-state index contributed by atoms with van der Waals surface area (Å²) in [4.78, 5) is 20.6. The fraction of sp³-hybridized carbons (Fsp3) is 0.231. The number of rotatable bonds is 6. The van der Waals surface area contributed by atoms with Crippen molar-refractivity contribution in [3.63, 3.8) is 0 Å². The number of nitro groups is 2. The third kappa shape index (κ3) is 3.61. The second kappa shape index (κ2) is 6.42. The third-order valence-electron chi connectivity index (χ3n) is 3.08. The molecule has 1 aromatic carbocycles. The molecule has 0 aliphatic heterocycles. The summed E-state index contributed by atoms with van der Waals surface area (Å²) in [6, 6.07) is 6.47. The molecule has 0 bridgehead atoms. The summed E-state index contributed by atoms with van der Waals surface area (Å²) in [6.07, 6.45) is 0. The summed E-state index contributed by atoms with van der Waals surface area (Å²) in [5, 5.41) is 26.4. The minimum absolute atomic E-state index is 0.0977. The highest BCUT2D eigenvalue weighted by Gasteiger charge is 2.13. The van der Waals surface area contributed by atoms with Crippen molar-refractivity contribution < 1.29 is 9.85 Å². The normalized spacial score (nSPS) is 10.5. The quantitative estimate of drug-likeness (QED) is 0.653. The second-order valence-electron chi connectivity index (χ2n) is 4.47. The highest BCUT2D eigenvalue weighted by atomic mass is 32.1. The van der Waals surface area contributed by atoms with Crippen LogP contribution in [0.2, 0.25) is 0 Å². The van der Waals surface area contributed by atoms with Gasteiger partial charge in [0.25, 0.3) is 5.69 Å². The topological polar surface area (TPSA) is 98.3 Å². The van der Waals surface area contributed by atoms with Crippen molar-refractivity contribution in [2.75, 3.05) is 0 Å². The molecule has 110 valence electrons. The van der Waals surface area contributed by atoms with E-state index in [0.717, 1.165) is 22.5 Å². The maximum absolute atomic E-state index is 10.9. The first kappa shape index (κ1) is 15.1. The van der Waals surface area contributed by atoms with Gasteiger partial charge in [0.1, 0.15) is 0 Å². The number of hydrogen-bond donors (Lipinski definition) is 1. The van der Waals surface area contributed by atoms with Crippen LogP contribution in [0.1, 0.15) is 16.7 Å². The molecule has 0 spiro atoms. The van der Waals surface area contributed by atoms with Gasteiger partial charge >= 0.3 is 5.00 Å². The Labute approximate surface area is 124 Å². The molecule has 0 fully saturated rings. The molecule has 1 N–H and O–H groups in total. The molecule has 0 saturated heterocycles. The van der Waals surface area contributed by atoms with Gasteiger partial charge in [-0.2, -0.15) is 0 Å². The second-order valence-corrected chi connectivity index (χ2v) is 5.36. The largest absolute Gasteiger partial charge is 0.324 e. The van der Waals surface area contributed by atoms with Crippen LogP contribution in [-0.4, -0.2) is 9.85 Å². The smallest absolute Gasteiger partial charge is 0.309 e. The number of benzene rings is 1. The molecular formula is C13H13N3O4S. The molecule has 2 rings (SSSR count). The minimum atomic E-state index is -0.418. The van der Waals surface area contributed by atoms with Crippen molar-refractivity contribution in [1.29, 1.82) is 0 Å². The molecule has 2 aromatic rings. The number of nitrogens with one attached hydrogen (secondary N) is 1. The Balaban J connectivity index is 1.98. The standard InChI is InChI=1S/C13H13N3O4S/c1-9-11(3-2-4-12(9)15(17)18)7-14-6-10-5-13(16(19)20)21-8-10/h2-5,8,14H,6-7H2,1H3.